The number of nitrogens with one attached hydrogen (secondary N) is 2. The molecule has 1 aliphatic rings. The van der Waals surface area contributed by atoms with Crippen LogP contribution in [0.2, 0.25) is 5.02 Å². The Balaban J connectivity index is 1.41. The molecule has 164 valence electrons. The van der Waals surface area contributed by atoms with Crippen molar-refractivity contribution in [2.24, 2.45) is 5.92 Å². The Bertz CT molecular complexity index is 1180. The third-order valence-corrected chi connectivity index (χ3v) is 5.98. The first-order chi connectivity index (χ1) is 15.4. The molecular formula is C26H25ClN2O3. The van der Waals surface area contributed by atoms with E-state index in [2.05, 4.69) is 10.6 Å². The number of anilines is 1. The highest BCUT2D eigenvalue weighted by molar-refractivity contribution is 6.30. The number of aryl methyl sites for hydroxylation is 2. The number of hydrogen-bond acceptors (Lipinski definition) is 3. The summed E-state index contributed by atoms with van der Waals surface area (Å²) in [5, 5.41) is 6.54. The Morgan fingerprint density at radius 1 is 1.03 bits per heavy atom. The number of carbonyl (C=O) groups is 2. The van der Waals surface area contributed by atoms with E-state index in [4.69, 9.17) is 16.3 Å². The van der Waals surface area contributed by atoms with Gasteiger partial charge in [-0.25, -0.2) is 0 Å². The maximum Gasteiger partial charge on any atom is 0.255 e. The van der Waals surface area contributed by atoms with Crippen LogP contribution in [0, 0.1) is 19.8 Å². The molecule has 6 heteroatoms. The van der Waals surface area contributed by atoms with E-state index < -0.39 is 0 Å². The molecule has 1 unspecified atom stereocenters. The highest BCUT2D eigenvalue weighted by Gasteiger charge is 2.26. The van der Waals surface area contributed by atoms with Gasteiger partial charge in [0.2, 0.25) is 5.91 Å². The van der Waals surface area contributed by atoms with E-state index in [-0.39, 0.29) is 17.7 Å². The van der Waals surface area contributed by atoms with Gasteiger partial charge in [-0.15, -0.1) is 0 Å². The summed E-state index contributed by atoms with van der Waals surface area (Å²) in [6.45, 7) is 4.71. The zero-order valence-corrected chi connectivity index (χ0v) is 18.8. The summed E-state index contributed by atoms with van der Waals surface area (Å²) >= 11 is 5.99. The average Bonchev–Trinajstić information content (AvgIpc) is 2.77. The molecule has 3 aromatic rings. The van der Waals surface area contributed by atoms with Gasteiger partial charge in [-0.3, -0.25) is 9.59 Å². The molecule has 1 aliphatic heterocycles. The molecule has 5 nitrogen and oxygen atoms in total. The molecule has 0 aliphatic carbocycles. The smallest absolute Gasteiger partial charge is 0.255 e. The summed E-state index contributed by atoms with van der Waals surface area (Å²) in [6, 6.07) is 18.7. The average molecular weight is 449 g/mol. The minimum absolute atomic E-state index is 0.0369. The zero-order valence-electron chi connectivity index (χ0n) is 18.1. The van der Waals surface area contributed by atoms with Gasteiger partial charge >= 0.3 is 0 Å². The van der Waals surface area contributed by atoms with Gasteiger partial charge in [0.15, 0.2) is 0 Å². The largest absolute Gasteiger partial charge is 0.492 e. The molecule has 0 bridgehead atoms. The van der Waals surface area contributed by atoms with Crippen LogP contribution in [0.3, 0.4) is 0 Å². The summed E-state index contributed by atoms with van der Waals surface area (Å²) in [7, 11) is 0. The van der Waals surface area contributed by atoms with Gasteiger partial charge in [0.25, 0.3) is 5.91 Å². The maximum absolute atomic E-state index is 12.7. The minimum atomic E-state index is -0.282. The Labute approximate surface area is 192 Å². The lowest BCUT2D eigenvalue weighted by Gasteiger charge is -2.25. The van der Waals surface area contributed by atoms with E-state index >= 15 is 0 Å². The molecule has 0 fully saturated rings. The van der Waals surface area contributed by atoms with E-state index in [9.17, 15) is 9.59 Å². The highest BCUT2D eigenvalue weighted by atomic mass is 35.5. The van der Waals surface area contributed by atoms with Gasteiger partial charge in [-0.05, 0) is 78.9 Å². The summed E-state index contributed by atoms with van der Waals surface area (Å²) < 4.78 is 5.82. The predicted molar refractivity (Wildman–Crippen MR) is 126 cm³/mol. The van der Waals surface area contributed by atoms with Gasteiger partial charge in [0, 0.05) is 22.8 Å². The van der Waals surface area contributed by atoms with Crippen LogP contribution in [0.4, 0.5) is 5.69 Å². The fraction of sp³-hybridized carbons (Fsp3) is 0.231. The molecule has 2 amide bonds. The molecule has 0 spiro atoms. The standard InChI is InChI=1S/C26H25ClN2O3/c1-16-5-3-4-6-18(16)14-28-25(30)20-12-19-13-22(8-10-24(19)32-15-20)29-26(31)23-9-7-21(27)11-17(23)2/h3-11,13,20H,12,14-15H2,1-2H3,(H,28,30)(H,29,31). The Morgan fingerprint density at radius 2 is 1.84 bits per heavy atom. The van der Waals surface area contributed by atoms with E-state index in [1.165, 1.54) is 0 Å². The van der Waals surface area contributed by atoms with Crippen LogP contribution in [0.25, 0.3) is 0 Å². The van der Waals surface area contributed by atoms with Crippen LogP contribution in [0.5, 0.6) is 5.75 Å². The van der Waals surface area contributed by atoms with Gasteiger partial charge < -0.3 is 15.4 Å². The SMILES string of the molecule is Cc1ccccc1CNC(=O)C1COc2ccc(NC(=O)c3ccc(Cl)cc3C)cc2C1. The predicted octanol–water partition coefficient (Wildman–Crippen LogP) is 5.08. The van der Waals surface area contributed by atoms with Gasteiger partial charge in [0.05, 0.1) is 5.92 Å². The highest BCUT2D eigenvalue weighted by Crippen LogP contribution is 2.30. The van der Waals surface area contributed by atoms with Crippen LogP contribution in [0.15, 0.2) is 60.7 Å². The summed E-state index contributed by atoms with van der Waals surface area (Å²) in [5.41, 5.74) is 5.18. The van der Waals surface area contributed by atoms with Crippen molar-refractivity contribution in [1.29, 1.82) is 0 Å². The van der Waals surface area contributed by atoms with Crippen LogP contribution in [0.1, 0.15) is 32.6 Å². The first kappa shape index (κ1) is 21.9. The summed E-state index contributed by atoms with van der Waals surface area (Å²) in [6.07, 6.45) is 0.554. The summed E-state index contributed by atoms with van der Waals surface area (Å²) in [5.74, 6) is 0.220. The lowest BCUT2D eigenvalue weighted by molar-refractivity contribution is -0.126. The number of benzene rings is 3. The molecule has 32 heavy (non-hydrogen) atoms. The van der Waals surface area contributed by atoms with E-state index in [1.807, 2.05) is 50.2 Å². The molecule has 0 radical (unpaired) electrons. The van der Waals surface area contributed by atoms with E-state index in [1.54, 1.807) is 24.3 Å². The Kier molecular flexibility index (Phi) is 6.47. The van der Waals surface area contributed by atoms with Crippen LogP contribution < -0.4 is 15.4 Å². The Hall–Kier alpha value is -3.31. The molecule has 4 rings (SSSR count). The number of ether oxygens (including phenoxy) is 1. The normalized spacial score (nSPS) is 14.8. The molecule has 0 saturated carbocycles. The number of fused-ring (bicyclic) bond motifs is 1. The van der Waals surface area contributed by atoms with Crippen LogP contribution in [-0.4, -0.2) is 18.4 Å². The van der Waals surface area contributed by atoms with Crippen molar-refractivity contribution >= 4 is 29.1 Å². The fourth-order valence-electron chi connectivity index (χ4n) is 3.86. The second-order valence-electron chi connectivity index (χ2n) is 8.09. The lowest BCUT2D eigenvalue weighted by Crippen LogP contribution is -2.37. The van der Waals surface area contributed by atoms with Gasteiger partial charge in [-0.2, -0.15) is 0 Å². The minimum Gasteiger partial charge on any atom is -0.492 e. The second kappa shape index (κ2) is 9.45. The van der Waals surface area contributed by atoms with Crippen molar-refractivity contribution in [1.82, 2.24) is 5.32 Å². The number of carbonyl (C=O) groups excluding carboxylic acids is 2. The Morgan fingerprint density at radius 3 is 2.62 bits per heavy atom. The molecule has 1 heterocycles. The van der Waals surface area contributed by atoms with Crippen molar-refractivity contribution in [2.75, 3.05) is 11.9 Å². The monoisotopic (exact) mass is 448 g/mol. The van der Waals surface area contributed by atoms with Crippen molar-refractivity contribution < 1.29 is 14.3 Å². The molecule has 0 saturated heterocycles. The molecule has 0 aromatic heterocycles. The fourth-order valence-corrected chi connectivity index (χ4v) is 4.08. The quantitative estimate of drug-likeness (QED) is 0.572. The van der Waals surface area contributed by atoms with Crippen LogP contribution in [-0.2, 0) is 17.8 Å². The van der Waals surface area contributed by atoms with Crippen molar-refractivity contribution in [3.05, 3.63) is 93.5 Å². The maximum atomic E-state index is 12.7. The second-order valence-corrected chi connectivity index (χ2v) is 8.53. The molecule has 3 aromatic carbocycles. The van der Waals surface area contributed by atoms with Crippen molar-refractivity contribution in [3.8, 4) is 5.75 Å². The van der Waals surface area contributed by atoms with Crippen LogP contribution >= 0.6 is 11.6 Å². The van der Waals surface area contributed by atoms with Gasteiger partial charge in [-0.1, -0.05) is 35.9 Å². The van der Waals surface area contributed by atoms with E-state index in [0.717, 1.165) is 28.0 Å². The lowest BCUT2D eigenvalue weighted by atomic mass is 9.95. The first-order valence-corrected chi connectivity index (χ1v) is 10.9. The molecular weight excluding hydrogens is 424 g/mol. The van der Waals surface area contributed by atoms with Crippen molar-refractivity contribution in [3.63, 3.8) is 0 Å². The van der Waals surface area contributed by atoms with E-state index in [0.29, 0.717) is 35.8 Å². The summed E-state index contributed by atoms with van der Waals surface area (Å²) in [4.78, 5) is 25.4. The third-order valence-electron chi connectivity index (χ3n) is 5.74. The third kappa shape index (κ3) is 4.94. The topological polar surface area (TPSA) is 67.4 Å². The van der Waals surface area contributed by atoms with Crippen molar-refractivity contribution in [2.45, 2.75) is 26.8 Å². The number of halogens is 1. The molecule has 1 atom stereocenters. The van der Waals surface area contributed by atoms with Gasteiger partial charge in [0.1, 0.15) is 12.4 Å². The number of hydrogen-bond donors (Lipinski definition) is 2. The molecule has 2 N–H and O–H groups in total. The number of amides is 2. The zero-order chi connectivity index (χ0) is 22.7. The first-order valence-electron chi connectivity index (χ1n) is 10.6. The number of rotatable bonds is 5.